The van der Waals surface area contributed by atoms with Gasteiger partial charge in [-0.15, -0.1) is 0 Å². The first kappa shape index (κ1) is 7.75. The summed E-state index contributed by atoms with van der Waals surface area (Å²) in [6, 6.07) is 6.13. The molecule has 1 aromatic carbocycles. The Bertz CT molecular complexity index is 461. The molecule has 2 heterocycles. The predicted octanol–water partition coefficient (Wildman–Crippen LogP) is 0.370. The lowest BCUT2D eigenvalue weighted by molar-refractivity contribution is 0.315. The minimum atomic E-state index is 0.283. The molecule has 1 fully saturated rings. The van der Waals surface area contributed by atoms with Gasteiger partial charge in [-0.25, -0.2) is 4.63 Å². The second kappa shape index (κ2) is 2.68. The van der Waals surface area contributed by atoms with Crippen LogP contribution in [0, 0.1) is 0 Å². The van der Waals surface area contributed by atoms with E-state index in [0.29, 0.717) is 0 Å². The highest BCUT2D eigenvalue weighted by molar-refractivity contribution is 5.87. The molecule has 5 heteroatoms. The molecule has 1 saturated heterocycles. The molecular weight excluding hydrogens is 180 g/mol. The van der Waals surface area contributed by atoms with Crippen LogP contribution in [0.3, 0.4) is 0 Å². The predicted molar refractivity (Wildman–Crippen MR) is 52.0 cm³/mol. The molecule has 0 radical (unpaired) electrons. The maximum Gasteiger partial charge on any atom is 0.158 e. The molecule has 1 aliphatic heterocycles. The maximum atomic E-state index is 5.72. The third-order valence-corrected chi connectivity index (χ3v) is 2.52. The van der Waals surface area contributed by atoms with Gasteiger partial charge in [0, 0.05) is 19.1 Å². The Morgan fingerprint density at radius 3 is 3.00 bits per heavy atom. The van der Waals surface area contributed by atoms with Crippen molar-refractivity contribution in [3.05, 3.63) is 18.2 Å². The van der Waals surface area contributed by atoms with Crippen molar-refractivity contribution in [3.63, 3.8) is 0 Å². The summed E-state index contributed by atoms with van der Waals surface area (Å²) in [5, 5.41) is 7.67. The molecule has 0 unspecified atom stereocenters. The average Bonchev–Trinajstić information content (AvgIpc) is 2.60. The van der Waals surface area contributed by atoms with Gasteiger partial charge >= 0.3 is 0 Å². The number of hydrogen-bond donors (Lipinski definition) is 1. The molecule has 0 aliphatic carbocycles. The molecule has 3 rings (SSSR count). The van der Waals surface area contributed by atoms with E-state index in [1.807, 2.05) is 18.2 Å². The van der Waals surface area contributed by atoms with Gasteiger partial charge in [-0.3, -0.25) is 0 Å². The first-order valence-electron chi connectivity index (χ1n) is 4.56. The highest BCUT2D eigenvalue weighted by Gasteiger charge is 2.25. The highest BCUT2D eigenvalue weighted by atomic mass is 16.6. The Morgan fingerprint density at radius 2 is 2.21 bits per heavy atom. The minimum absolute atomic E-state index is 0.283. The van der Waals surface area contributed by atoms with E-state index in [9.17, 15) is 0 Å². The number of aromatic nitrogens is 2. The van der Waals surface area contributed by atoms with E-state index in [2.05, 4.69) is 15.2 Å². The first-order chi connectivity index (χ1) is 6.84. The number of fused-ring (bicyclic) bond motifs is 1. The van der Waals surface area contributed by atoms with Crippen LogP contribution in [0.2, 0.25) is 0 Å². The van der Waals surface area contributed by atoms with E-state index in [4.69, 9.17) is 10.4 Å². The summed E-state index contributed by atoms with van der Waals surface area (Å²) in [5.41, 5.74) is 8.40. The fourth-order valence-corrected chi connectivity index (χ4v) is 1.76. The fourth-order valence-electron chi connectivity index (χ4n) is 1.76. The number of nitrogens with zero attached hydrogens (tertiary/aromatic N) is 3. The quantitative estimate of drug-likeness (QED) is 0.703. The molecule has 72 valence electrons. The Hall–Kier alpha value is -1.62. The van der Waals surface area contributed by atoms with E-state index in [-0.39, 0.29) is 6.04 Å². The van der Waals surface area contributed by atoms with Gasteiger partial charge in [0.1, 0.15) is 5.52 Å². The minimum Gasteiger partial charge on any atom is -0.366 e. The van der Waals surface area contributed by atoms with Crippen molar-refractivity contribution in [3.8, 4) is 0 Å². The van der Waals surface area contributed by atoms with Crippen LogP contribution in [-0.4, -0.2) is 29.4 Å². The second-order valence-electron chi connectivity index (χ2n) is 3.57. The lowest BCUT2D eigenvalue weighted by atomic mass is 10.1. The van der Waals surface area contributed by atoms with Crippen LogP contribution in [0.15, 0.2) is 22.8 Å². The third-order valence-electron chi connectivity index (χ3n) is 2.52. The summed E-state index contributed by atoms with van der Waals surface area (Å²) >= 11 is 0. The number of benzene rings is 1. The molecule has 0 atom stereocenters. The summed E-state index contributed by atoms with van der Waals surface area (Å²) in [4.78, 5) is 2.18. The molecule has 2 aromatic rings. The summed E-state index contributed by atoms with van der Waals surface area (Å²) in [5.74, 6) is 0. The Labute approximate surface area is 80.4 Å². The molecule has 1 aliphatic rings. The zero-order chi connectivity index (χ0) is 9.54. The molecular formula is C9H10N4O. The van der Waals surface area contributed by atoms with E-state index in [1.165, 1.54) is 0 Å². The number of rotatable bonds is 1. The number of nitrogens with two attached hydrogens (primary N) is 1. The normalized spacial score (nSPS) is 17.4. The summed E-state index contributed by atoms with van der Waals surface area (Å²) in [7, 11) is 0. The average molecular weight is 190 g/mol. The molecule has 0 amide bonds. The Kier molecular flexibility index (Phi) is 1.49. The van der Waals surface area contributed by atoms with Crippen molar-refractivity contribution >= 4 is 16.7 Å². The van der Waals surface area contributed by atoms with Crippen LogP contribution >= 0.6 is 0 Å². The Morgan fingerprint density at radius 1 is 1.36 bits per heavy atom. The van der Waals surface area contributed by atoms with Gasteiger partial charge in [-0.1, -0.05) is 6.07 Å². The van der Waals surface area contributed by atoms with E-state index < -0.39 is 0 Å². The van der Waals surface area contributed by atoms with Crippen molar-refractivity contribution in [1.29, 1.82) is 0 Å². The Balaban J connectivity index is 2.07. The SMILES string of the molecule is NC1CN(c2cccc3nonc23)C1. The van der Waals surface area contributed by atoms with Crippen molar-refractivity contribution < 1.29 is 4.63 Å². The molecule has 0 spiro atoms. The van der Waals surface area contributed by atoms with Gasteiger partial charge in [-0.2, -0.15) is 0 Å². The third kappa shape index (κ3) is 0.990. The first-order valence-corrected chi connectivity index (χ1v) is 4.56. The van der Waals surface area contributed by atoms with Gasteiger partial charge in [0.2, 0.25) is 0 Å². The van der Waals surface area contributed by atoms with Crippen LogP contribution in [0.5, 0.6) is 0 Å². The summed E-state index contributed by atoms with van der Waals surface area (Å²) in [6.45, 7) is 1.76. The van der Waals surface area contributed by atoms with Crippen molar-refractivity contribution in [2.24, 2.45) is 5.73 Å². The van der Waals surface area contributed by atoms with Crippen molar-refractivity contribution in [1.82, 2.24) is 10.3 Å². The maximum absolute atomic E-state index is 5.72. The standard InChI is InChI=1S/C9H10N4O/c10-6-4-13(5-6)8-3-1-2-7-9(8)12-14-11-7/h1-3,6H,4-5,10H2. The van der Waals surface area contributed by atoms with Crippen molar-refractivity contribution in [2.75, 3.05) is 18.0 Å². The zero-order valence-electron chi connectivity index (χ0n) is 7.55. The van der Waals surface area contributed by atoms with Crippen LogP contribution in [0.4, 0.5) is 5.69 Å². The molecule has 5 nitrogen and oxygen atoms in total. The molecule has 2 N–H and O–H groups in total. The van der Waals surface area contributed by atoms with E-state index in [0.717, 1.165) is 29.8 Å². The molecule has 0 saturated carbocycles. The summed E-state index contributed by atoms with van der Waals surface area (Å²) < 4.78 is 4.69. The molecule has 1 aromatic heterocycles. The monoisotopic (exact) mass is 190 g/mol. The van der Waals surface area contributed by atoms with Gasteiger partial charge in [0.15, 0.2) is 5.52 Å². The molecule has 14 heavy (non-hydrogen) atoms. The van der Waals surface area contributed by atoms with Gasteiger partial charge in [0.05, 0.1) is 5.69 Å². The second-order valence-corrected chi connectivity index (χ2v) is 3.57. The van der Waals surface area contributed by atoms with Crippen LogP contribution < -0.4 is 10.6 Å². The fraction of sp³-hybridized carbons (Fsp3) is 0.333. The van der Waals surface area contributed by atoms with Crippen LogP contribution in [0.25, 0.3) is 11.0 Å². The topological polar surface area (TPSA) is 68.2 Å². The molecule has 0 bridgehead atoms. The van der Waals surface area contributed by atoms with E-state index >= 15 is 0 Å². The van der Waals surface area contributed by atoms with Gasteiger partial charge in [-0.05, 0) is 22.4 Å². The number of anilines is 1. The largest absolute Gasteiger partial charge is 0.366 e. The number of hydrogen-bond acceptors (Lipinski definition) is 5. The van der Waals surface area contributed by atoms with E-state index in [1.54, 1.807) is 0 Å². The van der Waals surface area contributed by atoms with Crippen molar-refractivity contribution in [2.45, 2.75) is 6.04 Å². The summed E-state index contributed by atoms with van der Waals surface area (Å²) in [6.07, 6.45) is 0. The highest BCUT2D eigenvalue weighted by Crippen LogP contribution is 2.26. The van der Waals surface area contributed by atoms with Gasteiger partial charge < -0.3 is 10.6 Å². The lowest BCUT2D eigenvalue weighted by Crippen LogP contribution is -2.55. The zero-order valence-corrected chi connectivity index (χ0v) is 7.55. The lowest BCUT2D eigenvalue weighted by Gasteiger charge is -2.38. The van der Waals surface area contributed by atoms with Crippen LogP contribution in [0.1, 0.15) is 0 Å². The smallest absolute Gasteiger partial charge is 0.158 e. The van der Waals surface area contributed by atoms with Gasteiger partial charge in [0.25, 0.3) is 0 Å². The van der Waals surface area contributed by atoms with Crippen LogP contribution in [-0.2, 0) is 0 Å².